The van der Waals surface area contributed by atoms with Crippen LogP contribution < -0.4 is 0 Å². The fourth-order valence-corrected chi connectivity index (χ4v) is 4.55. The van der Waals surface area contributed by atoms with Crippen molar-refractivity contribution >= 4 is 11.8 Å². The van der Waals surface area contributed by atoms with Gasteiger partial charge < -0.3 is 14.4 Å². The van der Waals surface area contributed by atoms with E-state index in [0.717, 1.165) is 44.0 Å². The number of nitrogens with zero attached hydrogens (tertiary/aromatic N) is 3. The third kappa shape index (κ3) is 2.98. The highest BCUT2D eigenvalue weighted by atomic mass is 16.2. The largest absolute Gasteiger partial charge is 0.342 e. The minimum absolute atomic E-state index is 0.0719. The van der Waals surface area contributed by atoms with Gasteiger partial charge in [0.2, 0.25) is 5.91 Å². The Balaban J connectivity index is 1.49. The van der Waals surface area contributed by atoms with E-state index in [2.05, 4.69) is 18.7 Å². The molecule has 1 unspecified atom stereocenters. The SMILES string of the molecule is CC(C)n1cccc1C(=O)N1CCC2(CCCN(CC3CC3)C2=O)C1. The molecule has 1 atom stereocenters. The number of carbonyl (C=O) groups excluding carboxylic acids is 2. The molecule has 2 amide bonds. The van der Waals surface area contributed by atoms with Gasteiger partial charge in [0.05, 0.1) is 5.41 Å². The molecule has 4 rings (SSSR count). The van der Waals surface area contributed by atoms with Gasteiger partial charge in [0, 0.05) is 38.4 Å². The van der Waals surface area contributed by atoms with Crippen LogP contribution in [-0.4, -0.2) is 52.4 Å². The quantitative estimate of drug-likeness (QED) is 0.844. The molecule has 1 spiro atoms. The second-order valence-corrected chi connectivity index (χ2v) is 8.45. The molecule has 3 heterocycles. The summed E-state index contributed by atoms with van der Waals surface area (Å²) in [6, 6.07) is 4.09. The Morgan fingerprint density at radius 1 is 1.28 bits per heavy atom. The van der Waals surface area contributed by atoms with Crippen molar-refractivity contribution in [2.45, 2.75) is 52.0 Å². The number of rotatable bonds is 4. The van der Waals surface area contributed by atoms with Crippen molar-refractivity contribution in [3.05, 3.63) is 24.0 Å². The van der Waals surface area contributed by atoms with Crippen LogP contribution in [0.1, 0.15) is 62.5 Å². The maximum atomic E-state index is 13.1. The minimum Gasteiger partial charge on any atom is -0.342 e. The average Bonchev–Trinajstić information content (AvgIpc) is 3.11. The van der Waals surface area contributed by atoms with Crippen LogP contribution in [0.5, 0.6) is 0 Å². The molecule has 0 N–H and O–H groups in total. The van der Waals surface area contributed by atoms with Crippen molar-refractivity contribution < 1.29 is 9.59 Å². The monoisotopic (exact) mass is 343 g/mol. The number of carbonyl (C=O) groups is 2. The second-order valence-electron chi connectivity index (χ2n) is 8.45. The zero-order chi connectivity index (χ0) is 17.6. The Morgan fingerprint density at radius 3 is 2.80 bits per heavy atom. The molecule has 5 heteroatoms. The molecule has 1 aliphatic carbocycles. The van der Waals surface area contributed by atoms with Crippen molar-refractivity contribution in [2.24, 2.45) is 11.3 Å². The van der Waals surface area contributed by atoms with Crippen molar-refractivity contribution in [1.82, 2.24) is 14.4 Å². The zero-order valence-electron chi connectivity index (χ0n) is 15.4. The first-order chi connectivity index (χ1) is 12.0. The van der Waals surface area contributed by atoms with Crippen molar-refractivity contribution in [3.8, 4) is 0 Å². The first-order valence-corrected chi connectivity index (χ1v) is 9.76. The van der Waals surface area contributed by atoms with Crippen molar-refractivity contribution in [1.29, 1.82) is 0 Å². The highest BCUT2D eigenvalue weighted by Crippen LogP contribution is 2.42. The Kier molecular flexibility index (Phi) is 4.13. The smallest absolute Gasteiger partial charge is 0.270 e. The molecule has 5 nitrogen and oxygen atoms in total. The molecule has 2 aliphatic heterocycles. The van der Waals surface area contributed by atoms with E-state index in [1.165, 1.54) is 12.8 Å². The summed E-state index contributed by atoms with van der Waals surface area (Å²) >= 11 is 0. The fraction of sp³-hybridized carbons (Fsp3) is 0.700. The van der Waals surface area contributed by atoms with E-state index in [-0.39, 0.29) is 17.4 Å². The van der Waals surface area contributed by atoms with Gasteiger partial charge in [0.15, 0.2) is 0 Å². The van der Waals surface area contributed by atoms with Crippen LogP contribution in [0.15, 0.2) is 18.3 Å². The maximum absolute atomic E-state index is 13.1. The van der Waals surface area contributed by atoms with Crippen LogP contribution in [0.25, 0.3) is 0 Å². The second kappa shape index (κ2) is 6.19. The predicted octanol–water partition coefficient (Wildman–Crippen LogP) is 2.93. The van der Waals surface area contributed by atoms with Gasteiger partial charge in [-0.2, -0.15) is 0 Å². The van der Waals surface area contributed by atoms with Crippen LogP contribution in [0, 0.1) is 11.3 Å². The summed E-state index contributed by atoms with van der Waals surface area (Å²) in [5.41, 5.74) is 0.419. The van der Waals surface area contributed by atoms with Gasteiger partial charge >= 0.3 is 0 Å². The molecule has 3 fully saturated rings. The van der Waals surface area contributed by atoms with E-state index in [0.29, 0.717) is 19.0 Å². The summed E-state index contributed by atoms with van der Waals surface area (Å²) in [5, 5.41) is 0. The predicted molar refractivity (Wildman–Crippen MR) is 96.3 cm³/mol. The van der Waals surface area contributed by atoms with E-state index < -0.39 is 0 Å². The summed E-state index contributed by atoms with van der Waals surface area (Å²) in [4.78, 5) is 30.1. The molecule has 1 saturated carbocycles. The Bertz CT molecular complexity index is 676. The van der Waals surface area contributed by atoms with Gasteiger partial charge in [0.25, 0.3) is 5.91 Å². The number of likely N-dealkylation sites (tertiary alicyclic amines) is 2. The standard InChI is InChI=1S/C20H29N3O2/c1-15(2)23-11-3-5-17(23)18(24)22-12-9-20(14-22)8-4-10-21(19(20)25)13-16-6-7-16/h3,5,11,15-16H,4,6-10,12-14H2,1-2H3. The third-order valence-corrected chi connectivity index (χ3v) is 6.20. The highest BCUT2D eigenvalue weighted by Gasteiger charge is 2.50. The van der Waals surface area contributed by atoms with E-state index in [1.54, 1.807) is 0 Å². The van der Waals surface area contributed by atoms with Crippen LogP contribution in [0.3, 0.4) is 0 Å². The lowest BCUT2D eigenvalue weighted by molar-refractivity contribution is -0.145. The number of amides is 2. The highest BCUT2D eigenvalue weighted by molar-refractivity contribution is 5.94. The Labute approximate surface area is 150 Å². The van der Waals surface area contributed by atoms with Crippen LogP contribution in [0.2, 0.25) is 0 Å². The lowest BCUT2D eigenvalue weighted by Crippen LogP contribution is -2.51. The van der Waals surface area contributed by atoms with Crippen LogP contribution in [-0.2, 0) is 4.79 Å². The van der Waals surface area contributed by atoms with E-state index in [4.69, 9.17) is 0 Å². The van der Waals surface area contributed by atoms with E-state index in [9.17, 15) is 9.59 Å². The van der Waals surface area contributed by atoms with E-state index in [1.807, 2.05) is 27.8 Å². The molecule has 136 valence electrons. The van der Waals surface area contributed by atoms with Crippen molar-refractivity contribution in [2.75, 3.05) is 26.2 Å². The van der Waals surface area contributed by atoms with Crippen molar-refractivity contribution in [3.63, 3.8) is 0 Å². The normalized spacial score (nSPS) is 26.9. The lowest BCUT2D eigenvalue weighted by atomic mass is 9.78. The Hall–Kier alpha value is -1.78. The van der Waals surface area contributed by atoms with E-state index >= 15 is 0 Å². The number of aromatic nitrogens is 1. The molecular formula is C20H29N3O2. The molecule has 25 heavy (non-hydrogen) atoms. The fourth-order valence-electron chi connectivity index (χ4n) is 4.55. The number of piperidine rings is 1. The molecule has 0 bridgehead atoms. The van der Waals surface area contributed by atoms with Gasteiger partial charge in [-0.25, -0.2) is 0 Å². The van der Waals surface area contributed by atoms with Crippen LogP contribution >= 0.6 is 0 Å². The molecular weight excluding hydrogens is 314 g/mol. The molecule has 1 aromatic heterocycles. The van der Waals surface area contributed by atoms with Gasteiger partial charge in [-0.1, -0.05) is 0 Å². The zero-order valence-corrected chi connectivity index (χ0v) is 15.4. The summed E-state index contributed by atoms with van der Waals surface area (Å²) < 4.78 is 2.02. The molecule has 3 aliphatic rings. The third-order valence-electron chi connectivity index (χ3n) is 6.20. The maximum Gasteiger partial charge on any atom is 0.270 e. The number of hydrogen-bond donors (Lipinski definition) is 0. The topological polar surface area (TPSA) is 45.6 Å². The van der Waals surface area contributed by atoms with Gasteiger partial charge in [-0.3, -0.25) is 9.59 Å². The Morgan fingerprint density at radius 2 is 2.08 bits per heavy atom. The first-order valence-electron chi connectivity index (χ1n) is 9.76. The van der Waals surface area contributed by atoms with Crippen LogP contribution in [0.4, 0.5) is 0 Å². The van der Waals surface area contributed by atoms with Gasteiger partial charge in [0.1, 0.15) is 5.69 Å². The number of hydrogen-bond acceptors (Lipinski definition) is 2. The molecule has 2 saturated heterocycles. The summed E-state index contributed by atoms with van der Waals surface area (Å²) in [5.74, 6) is 1.11. The minimum atomic E-state index is -0.321. The van der Waals surface area contributed by atoms with Gasteiger partial charge in [-0.15, -0.1) is 0 Å². The molecule has 0 aromatic carbocycles. The first kappa shape index (κ1) is 16.7. The molecule has 0 radical (unpaired) electrons. The van der Waals surface area contributed by atoms with Gasteiger partial charge in [-0.05, 0) is 64.0 Å². The summed E-state index contributed by atoms with van der Waals surface area (Å²) in [6.45, 7) is 7.30. The lowest BCUT2D eigenvalue weighted by Gasteiger charge is -2.39. The summed E-state index contributed by atoms with van der Waals surface area (Å²) in [6.07, 6.45) is 7.33. The summed E-state index contributed by atoms with van der Waals surface area (Å²) in [7, 11) is 0. The average molecular weight is 343 g/mol. The molecule has 1 aromatic rings.